The van der Waals surface area contributed by atoms with Gasteiger partial charge in [0.2, 0.25) is 5.91 Å². The van der Waals surface area contributed by atoms with Crippen LogP contribution >= 0.6 is 0 Å². The number of phenols is 1. The highest BCUT2D eigenvalue weighted by atomic mass is 16.6. The quantitative estimate of drug-likeness (QED) is 0.129. The average molecular weight is 730 g/mol. The van der Waals surface area contributed by atoms with Gasteiger partial charge in [0.25, 0.3) is 0 Å². The third-order valence-corrected chi connectivity index (χ3v) is 12.3. The minimum atomic E-state index is -1.09. The highest BCUT2D eigenvalue weighted by Crippen LogP contribution is 2.47. The molecule has 12 nitrogen and oxygen atoms in total. The number of rotatable bonds is 17. The maximum atomic E-state index is 14.8. The van der Waals surface area contributed by atoms with Crippen LogP contribution in [0, 0.1) is 17.3 Å². The van der Waals surface area contributed by atoms with Crippen LogP contribution in [0.5, 0.6) is 11.5 Å². The molecule has 1 aliphatic carbocycles. The number of nitrogens with one attached hydrogen (secondary N) is 3. The van der Waals surface area contributed by atoms with Crippen LogP contribution in [0.25, 0.3) is 0 Å². The van der Waals surface area contributed by atoms with E-state index in [1.54, 1.807) is 20.0 Å². The summed E-state index contributed by atoms with van der Waals surface area (Å²) in [4.78, 5) is 40.5. The van der Waals surface area contributed by atoms with Crippen LogP contribution in [0.2, 0.25) is 0 Å². The molecule has 5 rings (SSSR count). The predicted octanol–water partition coefficient (Wildman–Crippen LogP) is 3.84. The summed E-state index contributed by atoms with van der Waals surface area (Å²) in [6.45, 7) is 5.50. The fraction of sp³-hybridized carbons (Fsp3) is 0.775. The number of likely N-dealkylation sites (N-methyl/N-ethyl adjacent to an activating group) is 1. The molecule has 0 bridgehead atoms. The van der Waals surface area contributed by atoms with E-state index in [0.29, 0.717) is 96.2 Å². The Bertz CT molecular complexity index is 1370. The zero-order valence-electron chi connectivity index (χ0n) is 31.6. The van der Waals surface area contributed by atoms with E-state index < -0.39 is 47.3 Å². The lowest BCUT2D eigenvalue weighted by molar-refractivity contribution is -0.179. The standard InChI is InChI=1S/C40H63N3O9/c1-26(44)9-10-28(11-14-31(46)25-41-3)34(51-27(2)45)23-35(52-38(49)40-17-5-4-7-30(40)13-16-36(48)43-40)39(18-20-42-21-19-39)24-29-12-15-33(47)37-32(29)8-6-22-50-37/h12,15,26,28,30-31,34-35,41-42,44,46-47H,4-11,13-14,16-25H2,1-3H3,(H,43,48). The number of aromatic hydroxyl groups is 1. The first-order valence-corrected chi connectivity index (χ1v) is 19.8. The van der Waals surface area contributed by atoms with Crippen molar-refractivity contribution in [3.63, 3.8) is 0 Å². The number of aliphatic hydroxyl groups excluding tert-OH is 2. The first kappa shape index (κ1) is 40.3. The number of carbonyl (C=O) groups excluding carboxylic acids is 3. The van der Waals surface area contributed by atoms with Crippen molar-refractivity contribution in [1.82, 2.24) is 16.0 Å². The van der Waals surface area contributed by atoms with Crippen molar-refractivity contribution in [2.24, 2.45) is 17.3 Å². The van der Waals surface area contributed by atoms with Crippen molar-refractivity contribution in [2.75, 3.05) is 33.3 Å². The molecule has 12 heteroatoms. The molecule has 3 fully saturated rings. The van der Waals surface area contributed by atoms with Gasteiger partial charge in [-0.05, 0) is 128 Å². The molecule has 7 unspecified atom stereocenters. The van der Waals surface area contributed by atoms with E-state index in [4.69, 9.17) is 14.2 Å². The van der Waals surface area contributed by atoms with Gasteiger partial charge in [0.15, 0.2) is 11.5 Å². The number of phenolic OH excluding ortho intramolecular Hbond substituents is 1. The van der Waals surface area contributed by atoms with Gasteiger partial charge in [0.1, 0.15) is 17.7 Å². The van der Waals surface area contributed by atoms with Crippen LogP contribution in [-0.4, -0.2) is 96.4 Å². The Morgan fingerprint density at radius 2 is 1.79 bits per heavy atom. The Labute approximate surface area is 309 Å². The number of hydrogen-bond acceptors (Lipinski definition) is 11. The summed E-state index contributed by atoms with van der Waals surface area (Å²) in [6, 6.07) is 3.64. The highest BCUT2D eigenvalue weighted by Gasteiger charge is 2.54. The summed E-state index contributed by atoms with van der Waals surface area (Å²) >= 11 is 0. The van der Waals surface area contributed by atoms with Crippen molar-refractivity contribution < 1.29 is 43.9 Å². The van der Waals surface area contributed by atoms with Gasteiger partial charge < -0.3 is 45.5 Å². The molecule has 0 radical (unpaired) electrons. The molecular formula is C40H63N3O9. The minimum Gasteiger partial charge on any atom is -0.504 e. The number of amides is 1. The molecule has 4 aliphatic rings. The zero-order valence-corrected chi connectivity index (χ0v) is 31.6. The summed E-state index contributed by atoms with van der Waals surface area (Å²) in [5.74, 6) is -0.559. The lowest BCUT2D eigenvalue weighted by atomic mass is 9.66. The van der Waals surface area contributed by atoms with Crippen LogP contribution in [0.1, 0.15) is 115 Å². The number of fused-ring (bicyclic) bond motifs is 2. The van der Waals surface area contributed by atoms with Gasteiger partial charge in [-0.25, -0.2) is 4.79 Å². The van der Waals surface area contributed by atoms with Crippen molar-refractivity contribution in [3.8, 4) is 11.5 Å². The lowest BCUT2D eigenvalue weighted by Gasteiger charge is -2.49. The van der Waals surface area contributed by atoms with E-state index in [9.17, 15) is 29.7 Å². The average Bonchev–Trinajstić information content (AvgIpc) is 3.12. The second-order valence-corrected chi connectivity index (χ2v) is 16.0. The first-order valence-electron chi connectivity index (χ1n) is 19.8. The van der Waals surface area contributed by atoms with Gasteiger partial charge in [-0.3, -0.25) is 9.59 Å². The summed E-state index contributed by atoms with van der Waals surface area (Å²) < 4.78 is 19.0. The van der Waals surface area contributed by atoms with E-state index in [0.717, 1.165) is 43.2 Å². The molecule has 3 aliphatic heterocycles. The fourth-order valence-electron chi connectivity index (χ4n) is 9.47. The number of benzene rings is 1. The lowest BCUT2D eigenvalue weighted by Crippen LogP contribution is -2.65. The maximum Gasteiger partial charge on any atom is 0.332 e. The summed E-state index contributed by atoms with van der Waals surface area (Å²) in [5.41, 5.74) is 0.358. The highest BCUT2D eigenvalue weighted by molar-refractivity contribution is 5.90. The van der Waals surface area contributed by atoms with Crippen LogP contribution < -0.4 is 20.7 Å². The SMILES string of the molecule is CNCC(O)CCC(CCC(C)O)C(CC(OC(=O)C12CCCCC1CCC(=O)N2)C1(Cc2ccc(O)c3c2CCCO3)CCNCC1)OC(C)=O. The summed E-state index contributed by atoms with van der Waals surface area (Å²) in [6.07, 6.45) is 7.58. The molecule has 2 saturated heterocycles. The predicted molar refractivity (Wildman–Crippen MR) is 196 cm³/mol. The molecule has 1 aromatic rings. The number of aliphatic hydroxyl groups is 2. The minimum absolute atomic E-state index is 0.00550. The smallest absolute Gasteiger partial charge is 0.332 e. The van der Waals surface area contributed by atoms with Crippen LogP contribution in [-0.2, 0) is 36.7 Å². The van der Waals surface area contributed by atoms with E-state index in [1.165, 1.54) is 6.92 Å². The van der Waals surface area contributed by atoms with Crippen LogP contribution in [0.3, 0.4) is 0 Å². The molecule has 0 spiro atoms. The van der Waals surface area contributed by atoms with E-state index in [1.807, 2.05) is 6.07 Å². The normalized spacial score (nSPS) is 25.6. The Balaban J connectivity index is 1.56. The third-order valence-electron chi connectivity index (χ3n) is 12.3. The summed E-state index contributed by atoms with van der Waals surface area (Å²) in [5, 5.41) is 41.3. The summed E-state index contributed by atoms with van der Waals surface area (Å²) in [7, 11) is 1.79. The fourth-order valence-corrected chi connectivity index (χ4v) is 9.47. The van der Waals surface area contributed by atoms with Crippen LogP contribution in [0.15, 0.2) is 12.1 Å². The second-order valence-electron chi connectivity index (χ2n) is 16.0. The van der Waals surface area contributed by atoms with Crippen molar-refractivity contribution in [2.45, 2.75) is 147 Å². The van der Waals surface area contributed by atoms with E-state index in [2.05, 4.69) is 16.0 Å². The van der Waals surface area contributed by atoms with Gasteiger partial charge in [-0.1, -0.05) is 18.9 Å². The van der Waals surface area contributed by atoms with Crippen LogP contribution in [0.4, 0.5) is 0 Å². The largest absolute Gasteiger partial charge is 0.504 e. The van der Waals surface area contributed by atoms with Gasteiger partial charge in [-0.2, -0.15) is 0 Å². The van der Waals surface area contributed by atoms with Gasteiger partial charge in [-0.15, -0.1) is 0 Å². The molecule has 3 heterocycles. The first-order chi connectivity index (χ1) is 25.0. The molecule has 0 aromatic heterocycles. The molecular weight excluding hydrogens is 666 g/mol. The molecule has 52 heavy (non-hydrogen) atoms. The maximum absolute atomic E-state index is 14.8. The van der Waals surface area contributed by atoms with Gasteiger partial charge >= 0.3 is 11.9 Å². The van der Waals surface area contributed by atoms with Crippen molar-refractivity contribution >= 4 is 17.8 Å². The number of piperidine rings is 2. The Morgan fingerprint density at radius 1 is 1.02 bits per heavy atom. The third kappa shape index (κ3) is 9.78. The zero-order chi connectivity index (χ0) is 37.3. The van der Waals surface area contributed by atoms with Crippen molar-refractivity contribution in [1.29, 1.82) is 0 Å². The van der Waals surface area contributed by atoms with Crippen molar-refractivity contribution in [3.05, 3.63) is 23.3 Å². The molecule has 6 N–H and O–H groups in total. The number of carbonyl (C=O) groups is 3. The van der Waals surface area contributed by atoms with Gasteiger partial charge in [0, 0.05) is 37.3 Å². The number of esters is 2. The van der Waals surface area contributed by atoms with E-state index in [-0.39, 0.29) is 29.9 Å². The molecule has 1 amide bonds. The molecule has 7 atom stereocenters. The Hall–Kier alpha value is -2.93. The van der Waals surface area contributed by atoms with Gasteiger partial charge in [0.05, 0.1) is 18.8 Å². The second kappa shape index (κ2) is 18.4. The number of ether oxygens (including phenoxy) is 3. The topological polar surface area (TPSA) is 176 Å². The molecule has 1 aromatic carbocycles. The monoisotopic (exact) mass is 729 g/mol. The molecule has 292 valence electrons. The number of hydrogen-bond donors (Lipinski definition) is 6. The Morgan fingerprint density at radius 3 is 2.52 bits per heavy atom. The Kier molecular flexibility index (Phi) is 14.2. The molecule has 1 saturated carbocycles. The van der Waals surface area contributed by atoms with E-state index >= 15 is 0 Å².